The Morgan fingerprint density at radius 3 is 2.87 bits per heavy atom. The highest BCUT2D eigenvalue weighted by molar-refractivity contribution is 6.30. The molecule has 0 fully saturated rings. The first-order chi connectivity index (χ1) is 7.22. The minimum atomic E-state index is -0.377. The summed E-state index contributed by atoms with van der Waals surface area (Å²) in [5, 5.41) is 12.7. The summed E-state index contributed by atoms with van der Waals surface area (Å²) in [6.07, 6.45) is 1.34. The van der Waals surface area contributed by atoms with E-state index in [-0.39, 0.29) is 16.5 Å². The molecule has 0 bridgehead atoms. The van der Waals surface area contributed by atoms with Crippen LogP contribution in [0.25, 0.3) is 5.69 Å². The van der Waals surface area contributed by atoms with Crippen molar-refractivity contribution in [1.29, 1.82) is 5.26 Å². The van der Waals surface area contributed by atoms with E-state index in [0.29, 0.717) is 5.69 Å². The maximum absolute atomic E-state index is 12.9. The smallest absolute Gasteiger partial charge is 0.150 e. The third-order valence-corrected chi connectivity index (χ3v) is 2.25. The van der Waals surface area contributed by atoms with Crippen LogP contribution in [0, 0.1) is 17.1 Å². The molecule has 2 aromatic rings. The average molecular weight is 222 g/mol. The van der Waals surface area contributed by atoms with Gasteiger partial charge >= 0.3 is 0 Å². The second-order valence-corrected chi connectivity index (χ2v) is 3.21. The first-order valence-corrected chi connectivity index (χ1v) is 4.49. The van der Waals surface area contributed by atoms with Gasteiger partial charge in [0.2, 0.25) is 0 Å². The van der Waals surface area contributed by atoms with Crippen LogP contribution in [0.2, 0.25) is 5.15 Å². The number of nitriles is 1. The van der Waals surface area contributed by atoms with E-state index in [4.69, 9.17) is 16.9 Å². The van der Waals surface area contributed by atoms with Crippen molar-refractivity contribution in [2.45, 2.75) is 0 Å². The zero-order valence-electron chi connectivity index (χ0n) is 7.48. The lowest BCUT2D eigenvalue weighted by molar-refractivity contribution is 0.625. The Bertz CT molecular complexity index is 542. The summed E-state index contributed by atoms with van der Waals surface area (Å²) < 4.78 is 14.2. The summed E-state index contributed by atoms with van der Waals surface area (Å²) >= 11 is 5.87. The number of hydrogen-bond donors (Lipinski definition) is 0. The number of halogens is 2. The quantitative estimate of drug-likeness (QED) is 0.743. The molecule has 74 valence electrons. The van der Waals surface area contributed by atoms with Crippen molar-refractivity contribution in [1.82, 2.24) is 9.78 Å². The Balaban J connectivity index is 2.56. The van der Waals surface area contributed by atoms with Crippen LogP contribution in [0.3, 0.4) is 0 Å². The molecule has 15 heavy (non-hydrogen) atoms. The van der Waals surface area contributed by atoms with Gasteiger partial charge < -0.3 is 0 Å². The van der Waals surface area contributed by atoms with E-state index < -0.39 is 0 Å². The lowest BCUT2D eigenvalue weighted by Crippen LogP contribution is -1.96. The van der Waals surface area contributed by atoms with E-state index in [1.54, 1.807) is 12.1 Å². The molecule has 0 amide bonds. The number of nitrogens with zero attached hydrogens (tertiary/aromatic N) is 3. The van der Waals surface area contributed by atoms with Crippen molar-refractivity contribution in [2.24, 2.45) is 0 Å². The molecule has 0 atom stereocenters. The third kappa shape index (κ3) is 1.69. The van der Waals surface area contributed by atoms with Crippen molar-refractivity contribution >= 4 is 11.6 Å². The number of hydrogen-bond acceptors (Lipinski definition) is 2. The zero-order valence-corrected chi connectivity index (χ0v) is 8.24. The molecule has 0 radical (unpaired) electrons. The van der Waals surface area contributed by atoms with Crippen LogP contribution in [0.4, 0.5) is 4.39 Å². The van der Waals surface area contributed by atoms with E-state index in [2.05, 4.69) is 5.10 Å². The first kappa shape index (κ1) is 9.69. The van der Waals surface area contributed by atoms with Crippen LogP contribution >= 0.6 is 11.6 Å². The molecule has 3 nitrogen and oxygen atoms in total. The lowest BCUT2D eigenvalue weighted by atomic mass is 10.3. The standard InChI is InChI=1S/C10H5ClFN3/c11-10-7(5-13)6-14-15(10)9-3-1-2-8(12)4-9/h1-4,6H. The SMILES string of the molecule is N#Cc1cnn(-c2cccc(F)c2)c1Cl. The summed E-state index contributed by atoms with van der Waals surface area (Å²) in [4.78, 5) is 0. The van der Waals surface area contributed by atoms with E-state index in [0.717, 1.165) is 0 Å². The molecule has 0 saturated heterocycles. The first-order valence-electron chi connectivity index (χ1n) is 4.12. The highest BCUT2D eigenvalue weighted by atomic mass is 35.5. The Hall–Kier alpha value is -1.86. The van der Waals surface area contributed by atoms with E-state index >= 15 is 0 Å². The molecule has 0 aliphatic rings. The fraction of sp³-hybridized carbons (Fsp3) is 0. The van der Waals surface area contributed by atoms with Crippen LogP contribution in [-0.4, -0.2) is 9.78 Å². The molecule has 0 spiro atoms. The molecule has 0 unspecified atom stereocenters. The maximum Gasteiger partial charge on any atom is 0.150 e. The number of aromatic nitrogens is 2. The minimum Gasteiger partial charge on any atom is -0.221 e. The summed E-state index contributed by atoms with van der Waals surface area (Å²) in [6, 6.07) is 7.71. The highest BCUT2D eigenvalue weighted by Crippen LogP contribution is 2.19. The predicted octanol–water partition coefficient (Wildman–Crippen LogP) is 2.54. The van der Waals surface area contributed by atoms with Crippen LogP contribution in [0.15, 0.2) is 30.5 Å². The second kappa shape index (κ2) is 3.71. The molecular formula is C10H5ClFN3. The predicted molar refractivity (Wildman–Crippen MR) is 53.2 cm³/mol. The highest BCUT2D eigenvalue weighted by Gasteiger charge is 2.09. The molecule has 5 heteroatoms. The van der Waals surface area contributed by atoms with Gasteiger partial charge in [0.15, 0.2) is 5.15 Å². The van der Waals surface area contributed by atoms with Crippen LogP contribution in [0.1, 0.15) is 5.56 Å². The summed E-state index contributed by atoms with van der Waals surface area (Å²) in [6.45, 7) is 0. The Morgan fingerprint density at radius 2 is 2.27 bits per heavy atom. The van der Waals surface area contributed by atoms with Crippen molar-refractivity contribution < 1.29 is 4.39 Å². The average Bonchev–Trinajstić information content (AvgIpc) is 2.59. The molecule has 1 aromatic heterocycles. The minimum absolute atomic E-state index is 0.183. The number of rotatable bonds is 1. The van der Waals surface area contributed by atoms with Gasteiger partial charge in [-0.25, -0.2) is 9.07 Å². The van der Waals surface area contributed by atoms with Crippen LogP contribution in [-0.2, 0) is 0 Å². The Morgan fingerprint density at radius 1 is 1.47 bits per heavy atom. The normalized spacial score (nSPS) is 9.93. The Kier molecular flexibility index (Phi) is 2.40. The van der Waals surface area contributed by atoms with Gasteiger partial charge in [0.1, 0.15) is 17.4 Å². The molecule has 0 N–H and O–H groups in total. The van der Waals surface area contributed by atoms with Gasteiger partial charge in [0, 0.05) is 0 Å². The molecule has 1 aromatic carbocycles. The van der Waals surface area contributed by atoms with Crippen LogP contribution in [0.5, 0.6) is 0 Å². The van der Waals surface area contributed by atoms with E-state index in [1.807, 2.05) is 6.07 Å². The molecular weight excluding hydrogens is 217 g/mol. The summed E-state index contributed by atoms with van der Waals surface area (Å²) in [5.41, 5.74) is 0.752. The zero-order chi connectivity index (χ0) is 10.8. The van der Waals surface area contributed by atoms with Crippen molar-refractivity contribution in [2.75, 3.05) is 0 Å². The van der Waals surface area contributed by atoms with Gasteiger partial charge in [-0.1, -0.05) is 17.7 Å². The fourth-order valence-electron chi connectivity index (χ4n) is 1.20. The van der Waals surface area contributed by atoms with Crippen LogP contribution < -0.4 is 0 Å². The second-order valence-electron chi connectivity index (χ2n) is 2.85. The van der Waals surface area contributed by atoms with Crippen molar-refractivity contribution in [3.63, 3.8) is 0 Å². The summed E-state index contributed by atoms with van der Waals surface area (Å²) in [7, 11) is 0. The lowest BCUT2D eigenvalue weighted by Gasteiger charge is -2.02. The topological polar surface area (TPSA) is 41.6 Å². The van der Waals surface area contributed by atoms with Gasteiger partial charge in [-0.3, -0.25) is 0 Å². The van der Waals surface area contributed by atoms with Crippen molar-refractivity contribution in [3.05, 3.63) is 47.0 Å². The van der Waals surface area contributed by atoms with Gasteiger partial charge in [0.05, 0.1) is 11.9 Å². The Labute approximate surface area is 90.3 Å². The molecule has 0 saturated carbocycles. The van der Waals surface area contributed by atoms with Crippen molar-refractivity contribution in [3.8, 4) is 11.8 Å². The molecule has 1 heterocycles. The molecule has 2 rings (SSSR count). The van der Waals surface area contributed by atoms with E-state index in [1.165, 1.54) is 23.0 Å². The number of benzene rings is 1. The summed E-state index contributed by atoms with van der Waals surface area (Å²) in [5.74, 6) is -0.377. The van der Waals surface area contributed by atoms with Gasteiger partial charge in [-0.15, -0.1) is 0 Å². The molecule has 0 aliphatic carbocycles. The van der Waals surface area contributed by atoms with Gasteiger partial charge in [0.25, 0.3) is 0 Å². The fourth-order valence-corrected chi connectivity index (χ4v) is 1.43. The van der Waals surface area contributed by atoms with E-state index in [9.17, 15) is 4.39 Å². The van der Waals surface area contributed by atoms with Gasteiger partial charge in [-0.2, -0.15) is 10.4 Å². The largest absolute Gasteiger partial charge is 0.221 e. The monoisotopic (exact) mass is 221 g/mol. The maximum atomic E-state index is 12.9. The van der Waals surface area contributed by atoms with Gasteiger partial charge in [-0.05, 0) is 18.2 Å². The molecule has 0 aliphatic heterocycles. The third-order valence-electron chi connectivity index (χ3n) is 1.88.